The zero-order valence-corrected chi connectivity index (χ0v) is 12.4. The number of nitrogens with zero attached hydrogens (tertiary/aromatic N) is 3. The van der Waals surface area contributed by atoms with E-state index in [0.29, 0.717) is 23.4 Å². The molecule has 1 atom stereocenters. The number of piperidine rings is 1. The highest BCUT2D eigenvalue weighted by Gasteiger charge is 2.24. The molecule has 8 heteroatoms. The van der Waals surface area contributed by atoms with Gasteiger partial charge in [0.15, 0.2) is 11.6 Å². The molecule has 1 aliphatic rings. The molecule has 0 spiro atoms. The maximum absolute atomic E-state index is 13.4. The van der Waals surface area contributed by atoms with Gasteiger partial charge in [-0.25, -0.2) is 18.6 Å². The molecule has 6 nitrogen and oxygen atoms in total. The summed E-state index contributed by atoms with van der Waals surface area (Å²) < 4.78 is 26.6. The summed E-state index contributed by atoms with van der Waals surface area (Å²) >= 11 is 0. The SMILES string of the molecule is NC(=O)NC[C@@H]1CCCCN1c1cnc2cc(F)c(F)cc2n1. The number of halogens is 2. The molecule has 2 heterocycles. The summed E-state index contributed by atoms with van der Waals surface area (Å²) in [7, 11) is 0. The van der Waals surface area contributed by atoms with Crippen LogP contribution < -0.4 is 16.0 Å². The zero-order valence-electron chi connectivity index (χ0n) is 12.4. The van der Waals surface area contributed by atoms with E-state index in [9.17, 15) is 13.6 Å². The van der Waals surface area contributed by atoms with Crippen LogP contribution in [0.25, 0.3) is 11.0 Å². The second-order valence-electron chi connectivity index (χ2n) is 5.57. The highest BCUT2D eigenvalue weighted by atomic mass is 19.2. The molecule has 1 saturated heterocycles. The number of rotatable bonds is 3. The lowest BCUT2D eigenvalue weighted by Crippen LogP contribution is -2.48. The van der Waals surface area contributed by atoms with Gasteiger partial charge in [-0.1, -0.05) is 0 Å². The summed E-state index contributed by atoms with van der Waals surface area (Å²) in [6.07, 6.45) is 4.47. The lowest BCUT2D eigenvalue weighted by Gasteiger charge is -2.36. The van der Waals surface area contributed by atoms with E-state index in [1.165, 1.54) is 0 Å². The van der Waals surface area contributed by atoms with Crippen molar-refractivity contribution in [3.63, 3.8) is 0 Å². The molecule has 3 N–H and O–H groups in total. The summed E-state index contributed by atoms with van der Waals surface area (Å²) in [5, 5.41) is 2.61. The Morgan fingerprint density at radius 3 is 2.78 bits per heavy atom. The molecule has 0 aliphatic carbocycles. The monoisotopic (exact) mass is 321 g/mol. The first-order valence-electron chi connectivity index (χ1n) is 7.46. The molecule has 1 aromatic carbocycles. The first-order valence-corrected chi connectivity index (χ1v) is 7.46. The van der Waals surface area contributed by atoms with E-state index in [4.69, 9.17) is 5.73 Å². The maximum Gasteiger partial charge on any atom is 0.312 e. The third-order valence-corrected chi connectivity index (χ3v) is 4.00. The number of carbonyl (C=O) groups excluding carboxylic acids is 1. The van der Waals surface area contributed by atoms with Gasteiger partial charge in [0.05, 0.1) is 17.2 Å². The van der Waals surface area contributed by atoms with E-state index >= 15 is 0 Å². The summed E-state index contributed by atoms with van der Waals surface area (Å²) in [6.45, 7) is 1.17. The molecular weight excluding hydrogens is 304 g/mol. The smallest absolute Gasteiger partial charge is 0.312 e. The van der Waals surface area contributed by atoms with Gasteiger partial charge in [0.1, 0.15) is 5.82 Å². The van der Waals surface area contributed by atoms with Gasteiger partial charge in [-0.3, -0.25) is 4.98 Å². The van der Waals surface area contributed by atoms with Gasteiger partial charge in [-0.05, 0) is 19.3 Å². The van der Waals surface area contributed by atoms with Gasteiger partial charge in [0.25, 0.3) is 0 Å². The predicted molar refractivity (Wildman–Crippen MR) is 82.0 cm³/mol. The van der Waals surface area contributed by atoms with E-state index in [-0.39, 0.29) is 6.04 Å². The molecule has 1 fully saturated rings. The van der Waals surface area contributed by atoms with Crippen molar-refractivity contribution in [2.24, 2.45) is 5.73 Å². The lowest BCUT2D eigenvalue weighted by molar-refractivity contribution is 0.247. The molecule has 0 radical (unpaired) electrons. The van der Waals surface area contributed by atoms with Crippen LogP contribution in [0.5, 0.6) is 0 Å². The standard InChI is InChI=1S/C15H17F2N5O/c16-10-5-12-13(6-11(10)17)21-14(8-19-12)22-4-2-1-3-9(22)7-20-15(18)23/h5-6,8-9H,1-4,7H2,(H3,18,20,23)/t9-/m0/s1. The molecule has 122 valence electrons. The Hall–Kier alpha value is -2.51. The maximum atomic E-state index is 13.4. The van der Waals surface area contributed by atoms with Crippen LogP contribution in [0.3, 0.4) is 0 Å². The molecule has 23 heavy (non-hydrogen) atoms. The number of anilines is 1. The van der Waals surface area contributed by atoms with Gasteiger partial charge >= 0.3 is 6.03 Å². The third-order valence-electron chi connectivity index (χ3n) is 4.00. The Bertz CT molecular complexity index is 739. The van der Waals surface area contributed by atoms with Gasteiger partial charge in [0, 0.05) is 31.3 Å². The second-order valence-corrected chi connectivity index (χ2v) is 5.57. The minimum Gasteiger partial charge on any atom is -0.352 e. The number of aromatic nitrogens is 2. The van der Waals surface area contributed by atoms with E-state index in [2.05, 4.69) is 15.3 Å². The first-order chi connectivity index (χ1) is 11.0. The van der Waals surface area contributed by atoms with Crippen molar-refractivity contribution in [3.8, 4) is 0 Å². The normalized spacial score (nSPS) is 18.2. The quantitative estimate of drug-likeness (QED) is 0.905. The van der Waals surface area contributed by atoms with Crippen LogP contribution in [0.1, 0.15) is 19.3 Å². The molecule has 2 aromatic rings. The van der Waals surface area contributed by atoms with Crippen LogP contribution in [0.15, 0.2) is 18.3 Å². The summed E-state index contributed by atoms with van der Waals surface area (Å²) in [6, 6.07) is 1.55. The van der Waals surface area contributed by atoms with E-state index in [1.807, 2.05) is 4.90 Å². The fourth-order valence-corrected chi connectivity index (χ4v) is 2.87. The molecule has 2 amide bonds. The summed E-state index contributed by atoms with van der Waals surface area (Å²) in [5.41, 5.74) is 5.73. The number of hydrogen-bond acceptors (Lipinski definition) is 4. The number of carbonyl (C=O) groups is 1. The Balaban J connectivity index is 1.90. The largest absolute Gasteiger partial charge is 0.352 e. The number of primary amides is 1. The summed E-state index contributed by atoms with van der Waals surface area (Å²) in [4.78, 5) is 21.5. The highest BCUT2D eigenvalue weighted by molar-refractivity contribution is 5.76. The number of nitrogens with two attached hydrogens (primary N) is 1. The molecule has 0 unspecified atom stereocenters. The summed E-state index contributed by atoms with van der Waals surface area (Å²) in [5.74, 6) is -1.31. The molecule has 0 bridgehead atoms. The van der Waals surface area contributed by atoms with Crippen LogP contribution in [-0.2, 0) is 0 Å². The van der Waals surface area contributed by atoms with Crippen LogP contribution in [0.4, 0.5) is 19.4 Å². The minimum absolute atomic E-state index is 0.0493. The number of urea groups is 1. The van der Waals surface area contributed by atoms with E-state index in [0.717, 1.165) is 37.9 Å². The predicted octanol–water partition coefficient (Wildman–Crippen LogP) is 1.94. The Morgan fingerprint density at radius 1 is 1.30 bits per heavy atom. The molecule has 1 aromatic heterocycles. The van der Waals surface area contributed by atoms with Crippen LogP contribution >= 0.6 is 0 Å². The number of fused-ring (bicyclic) bond motifs is 1. The van der Waals surface area contributed by atoms with Crippen molar-refractivity contribution in [2.75, 3.05) is 18.0 Å². The lowest BCUT2D eigenvalue weighted by atomic mass is 10.0. The van der Waals surface area contributed by atoms with Gasteiger partial charge in [-0.15, -0.1) is 0 Å². The molecule has 3 rings (SSSR count). The average Bonchev–Trinajstić information content (AvgIpc) is 2.54. The minimum atomic E-state index is -0.950. The van der Waals surface area contributed by atoms with Crippen molar-refractivity contribution < 1.29 is 13.6 Å². The van der Waals surface area contributed by atoms with Gasteiger partial charge in [-0.2, -0.15) is 0 Å². The molecule has 1 aliphatic heterocycles. The first kappa shape index (κ1) is 15.4. The van der Waals surface area contributed by atoms with E-state index in [1.54, 1.807) is 6.20 Å². The number of hydrogen-bond donors (Lipinski definition) is 2. The number of nitrogens with one attached hydrogen (secondary N) is 1. The Labute approximate surface area is 131 Å². The van der Waals surface area contributed by atoms with Crippen molar-refractivity contribution in [3.05, 3.63) is 30.0 Å². The van der Waals surface area contributed by atoms with Crippen LogP contribution in [0.2, 0.25) is 0 Å². The molecular formula is C15H17F2N5O. The van der Waals surface area contributed by atoms with Crippen molar-refractivity contribution >= 4 is 22.9 Å². The Morgan fingerprint density at radius 2 is 2.04 bits per heavy atom. The topological polar surface area (TPSA) is 84.1 Å². The second kappa shape index (κ2) is 6.31. The van der Waals surface area contributed by atoms with Crippen LogP contribution in [0, 0.1) is 11.6 Å². The van der Waals surface area contributed by atoms with Gasteiger partial charge < -0.3 is 16.0 Å². The van der Waals surface area contributed by atoms with Crippen molar-refractivity contribution in [1.82, 2.24) is 15.3 Å². The number of benzene rings is 1. The number of amides is 2. The molecule has 0 saturated carbocycles. The average molecular weight is 321 g/mol. The van der Waals surface area contributed by atoms with Crippen molar-refractivity contribution in [1.29, 1.82) is 0 Å². The van der Waals surface area contributed by atoms with Crippen LogP contribution in [-0.4, -0.2) is 35.1 Å². The zero-order chi connectivity index (χ0) is 16.4. The Kier molecular flexibility index (Phi) is 4.22. The van der Waals surface area contributed by atoms with E-state index < -0.39 is 17.7 Å². The van der Waals surface area contributed by atoms with Gasteiger partial charge in [0.2, 0.25) is 0 Å². The van der Waals surface area contributed by atoms with Crippen molar-refractivity contribution in [2.45, 2.75) is 25.3 Å². The third kappa shape index (κ3) is 3.30. The fraction of sp³-hybridized carbons (Fsp3) is 0.400. The fourth-order valence-electron chi connectivity index (χ4n) is 2.87. The highest BCUT2D eigenvalue weighted by Crippen LogP contribution is 2.24.